The number of nitrogens with zero attached hydrogens (tertiary/aromatic N) is 1. The van der Waals surface area contributed by atoms with Crippen molar-refractivity contribution in [2.45, 2.75) is 45.1 Å². The van der Waals surface area contributed by atoms with Gasteiger partial charge in [0.05, 0.1) is 22.3 Å². The number of carbonyl (C=O) groups is 1. The summed E-state index contributed by atoms with van der Waals surface area (Å²) in [6.45, 7) is 4.29. The highest BCUT2D eigenvalue weighted by atomic mass is 35.5. The van der Waals surface area contributed by atoms with Crippen LogP contribution in [0.4, 0.5) is 10.5 Å². The van der Waals surface area contributed by atoms with Crippen LogP contribution in [0.5, 0.6) is 11.5 Å². The maximum absolute atomic E-state index is 11.9. The molecule has 0 fully saturated rings. The Labute approximate surface area is 208 Å². The zero-order valence-electron chi connectivity index (χ0n) is 18.5. The van der Waals surface area contributed by atoms with Gasteiger partial charge in [-0.15, -0.1) is 8.42 Å². The number of amides is 1. The Morgan fingerprint density at radius 1 is 1.09 bits per heavy atom. The average Bonchev–Trinajstić information content (AvgIpc) is 2.80. The van der Waals surface area contributed by atoms with Crippen LogP contribution in [0.3, 0.4) is 0 Å². The lowest BCUT2D eigenvalue weighted by atomic mass is 9.86. The highest BCUT2D eigenvalue weighted by Gasteiger charge is 2.39. The second-order valence-electron chi connectivity index (χ2n) is 7.34. The van der Waals surface area contributed by atoms with Crippen molar-refractivity contribution in [1.29, 1.82) is 0 Å². The SMILES string of the molecule is CCC1(CC)OC(=O)Nc2ccc(OCCCC=NOS(=O)(=O)Oc3ccc(Cl)c(Cl)c3)cc21. The monoisotopic (exact) mass is 530 g/mol. The van der Waals surface area contributed by atoms with Crippen LogP contribution in [0, 0.1) is 0 Å². The standard InChI is InChI=1S/C22H24Cl2N2O7S/c1-3-22(4-2)17-13-15(8-10-20(17)26-21(27)31-22)30-12-6-5-11-25-33-34(28,29)32-16-7-9-18(23)19(24)14-16/h7-11,13-14H,3-6,12H2,1-2H3,(H,26,27). The van der Waals surface area contributed by atoms with E-state index in [0.29, 0.717) is 43.7 Å². The molecule has 9 nitrogen and oxygen atoms in total. The number of benzene rings is 2. The molecule has 1 aliphatic heterocycles. The second-order valence-corrected chi connectivity index (χ2v) is 9.29. The van der Waals surface area contributed by atoms with Crippen molar-refractivity contribution in [2.24, 2.45) is 5.16 Å². The van der Waals surface area contributed by atoms with E-state index < -0.39 is 22.1 Å². The van der Waals surface area contributed by atoms with Crippen molar-refractivity contribution in [3.8, 4) is 11.5 Å². The predicted molar refractivity (Wildman–Crippen MR) is 129 cm³/mol. The van der Waals surface area contributed by atoms with E-state index in [0.717, 1.165) is 5.56 Å². The van der Waals surface area contributed by atoms with Crippen molar-refractivity contribution >= 4 is 51.6 Å². The first-order chi connectivity index (χ1) is 16.2. The van der Waals surface area contributed by atoms with Crippen LogP contribution in [0.25, 0.3) is 0 Å². The summed E-state index contributed by atoms with van der Waals surface area (Å²) in [5, 5.41) is 6.54. The van der Waals surface area contributed by atoms with Crippen LogP contribution in [-0.4, -0.2) is 27.3 Å². The Morgan fingerprint density at radius 3 is 2.53 bits per heavy atom. The minimum Gasteiger partial charge on any atom is -0.494 e. The molecule has 0 saturated carbocycles. The second kappa shape index (κ2) is 11.2. The number of hydrogen-bond donors (Lipinski definition) is 1. The lowest BCUT2D eigenvalue weighted by Gasteiger charge is -2.37. The van der Waals surface area contributed by atoms with E-state index in [1.807, 2.05) is 19.9 Å². The Morgan fingerprint density at radius 2 is 1.82 bits per heavy atom. The van der Waals surface area contributed by atoms with E-state index in [9.17, 15) is 13.2 Å². The van der Waals surface area contributed by atoms with Gasteiger partial charge in [-0.25, -0.2) is 9.08 Å². The van der Waals surface area contributed by atoms with E-state index in [2.05, 4.69) is 14.8 Å². The molecule has 2 aromatic rings. The van der Waals surface area contributed by atoms with Crippen LogP contribution in [-0.2, 0) is 25.0 Å². The van der Waals surface area contributed by atoms with Gasteiger partial charge in [0.2, 0.25) is 0 Å². The quantitative estimate of drug-likeness (QED) is 0.213. The van der Waals surface area contributed by atoms with Crippen LogP contribution < -0.4 is 14.2 Å². The summed E-state index contributed by atoms with van der Waals surface area (Å²) in [5.74, 6) is 0.582. The van der Waals surface area contributed by atoms with Crippen LogP contribution in [0.1, 0.15) is 45.1 Å². The van der Waals surface area contributed by atoms with Gasteiger partial charge in [0.1, 0.15) is 17.1 Å². The molecule has 0 spiro atoms. The third kappa shape index (κ3) is 6.46. The van der Waals surface area contributed by atoms with Crippen LogP contribution in [0.2, 0.25) is 10.0 Å². The van der Waals surface area contributed by atoms with Gasteiger partial charge in [0, 0.05) is 17.8 Å². The summed E-state index contributed by atoms with van der Waals surface area (Å²) < 4.78 is 44.2. The smallest absolute Gasteiger partial charge is 0.494 e. The van der Waals surface area contributed by atoms with Gasteiger partial charge in [-0.05, 0) is 56.0 Å². The molecule has 1 amide bonds. The number of oxime groups is 1. The van der Waals surface area contributed by atoms with Gasteiger partial charge in [-0.2, -0.15) is 0 Å². The largest absolute Gasteiger partial charge is 0.521 e. The normalized spacial score (nSPS) is 14.8. The van der Waals surface area contributed by atoms with Gasteiger partial charge >= 0.3 is 16.5 Å². The predicted octanol–water partition coefficient (Wildman–Crippen LogP) is 6.06. The molecular formula is C22H24Cl2N2O7S. The van der Waals surface area contributed by atoms with Gasteiger partial charge in [0.25, 0.3) is 0 Å². The lowest BCUT2D eigenvalue weighted by molar-refractivity contribution is 0.00452. The number of fused-ring (bicyclic) bond motifs is 1. The molecule has 3 rings (SSSR count). The fraction of sp³-hybridized carbons (Fsp3) is 0.364. The lowest BCUT2D eigenvalue weighted by Crippen LogP contribution is -2.38. The Kier molecular flexibility index (Phi) is 8.51. The number of nitrogens with one attached hydrogen (secondary N) is 1. The molecule has 0 radical (unpaired) electrons. The van der Waals surface area contributed by atoms with Crippen molar-refractivity contribution < 1.29 is 31.2 Å². The topological polar surface area (TPSA) is 113 Å². The highest BCUT2D eigenvalue weighted by Crippen LogP contribution is 2.42. The molecule has 1 heterocycles. The van der Waals surface area contributed by atoms with Crippen molar-refractivity contribution in [3.63, 3.8) is 0 Å². The minimum atomic E-state index is -4.40. The summed E-state index contributed by atoms with van der Waals surface area (Å²) in [6, 6.07) is 9.41. The molecule has 1 N–H and O–H groups in total. The molecule has 0 unspecified atom stereocenters. The van der Waals surface area contributed by atoms with E-state index in [1.54, 1.807) is 12.1 Å². The number of ether oxygens (including phenoxy) is 2. The number of halogens is 2. The van der Waals surface area contributed by atoms with E-state index in [1.165, 1.54) is 24.4 Å². The Balaban J connectivity index is 1.47. The number of hydrogen-bond acceptors (Lipinski definition) is 8. The van der Waals surface area contributed by atoms with Crippen molar-refractivity contribution in [1.82, 2.24) is 0 Å². The average molecular weight is 531 g/mol. The maximum atomic E-state index is 11.9. The molecule has 12 heteroatoms. The summed E-state index contributed by atoms with van der Waals surface area (Å²) in [4.78, 5) is 11.9. The molecule has 0 atom stereocenters. The first-order valence-electron chi connectivity index (χ1n) is 10.6. The summed E-state index contributed by atoms with van der Waals surface area (Å²) in [6.07, 6.45) is 3.07. The number of unbranched alkanes of at least 4 members (excludes halogenated alkanes) is 1. The zero-order chi connectivity index (χ0) is 24.8. The number of cyclic esters (lactones) is 1. The zero-order valence-corrected chi connectivity index (χ0v) is 20.9. The Bertz CT molecular complexity index is 1170. The summed E-state index contributed by atoms with van der Waals surface area (Å²) in [7, 11) is -4.40. The number of rotatable bonds is 11. The molecule has 2 aromatic carbocycles. The summed E-state index contributed by atoms with van der Waals surface area (Å²) in [5.41, 5.74) is 0.893. The van der Waals surface area contributed by atoms with Crippen molar-refractivity contribution in [2.75, 3.05) is 11.9 Å². The minimum absolute atomic E-state index is 0.0526. The summed E-state index contributed by atoms with van der Waals surface area (Å²) >= 11 is 11.6. The third-order valence-electron chi connectivity index (χ3n) is 5.19. The third-order valence-corrected chi connectivity index (χ3v) is 6.60. The molecule has 184 valence electrons. The van der Waals surface area contributed by atoms with Gasteiger partial charge in [-0.3, -0.25) is 5.32 Å². The number of anilines is 1. The van der Waals surface area contributed by atoms with Gasteiger partial charge < -0.3 is 13.7 Å². The van der Waals surface area contributed by atoms with Gasteiger partial charge in [-0.1, -0.05) is 42.2 Å². The fourth-order valence-corrected chi connectivity index (χ4v) is 4.23. The molecule has 0 saturated heterocycles. The molecular weight excluding hydrogens is 507 g/mol. The first kappa shape index (κ1) is 25.9. The molecule has 1 aliphatic rings. The fourth-order valence-electron chi connectivity index (χ4n) is 3.40. The van der Waals surface area contributed by atoms with E-state index >= 15 is 0 Å². The van der Waals surface area contributed by atoms with Gasteiger partial charge in [0.15, 0.2) is 0 Å². The molecule has 0 aliphatic carbocycles. The van der Waals surface area contributed by atoms with Crippen LogP contribution >= 0.6 is 23.2 Å². The van der Waals surface area contributed by atoms with Crippen LogP contribution in [0.15, 0.2) is 41.6 Å². The first-order valence-corrected chi connectivity index (χ1v) is 12.6. The van der Waals surface area contributed by atoms with Crippen molar-refractivity contribution in [3.05, 3.63) is 52.0 Å². The Hall–Kier alpha value is -2.69. The molecule has 0 bridgehead atoms. The van der Waals surface area contributed by atoms with E-state index in [-0.39, 0.29) is 15.8 Å². The molecule has 0 aromatic heterocycles. The molecule has 34 heavy (non-hydrogen) atoms. The highest BCUT2D eigenvalue weighted by molar-refractivity contribution is 7.82. The maximum Gasteiger partial charge on any atom is 0.521 e. The number of carbonyl (C=O) groups excluding carboxylic acids is 1. The van der Waals surface area contributed by atoms with E-state index in [4.69, 9.17) is 36.9 Å².